The van der Waals surface area contributed by atoms with E-state index in [0.717, 1.165) is 22.6 Å². The van der Waals surface area contributed by atoms with Crippen LogP contribution in [0.15, 0.2) is 40.5 Å². The van der Waals surface area contributed by atoms with Crippen LogP contribution in [0.1, 0.15) is 11.3 Å². The Morgan fingerprint density at radius 3 is 2.74 bits per heavy atom. The fourth-order valence-corrected chi connectivity index (χ4v) is 2.28. The van der Waals surface area contributed by atoms with Crippen LogP contribution in [-0.4, -0.2) is 10.5 Å². The number of hydrogen-bond acceptors (Lipinski definition) is 4. The summed E-state index contributed by atoms with van der Waals surface area (Å²) in [5.74, 6) is -0.348. The van der Waals surface area contributed by atoms with Crippen LogP contribution in [0, 0.1) is 6.92 Å². The number of thiazole rings is 1. The molecule has 2 rings (SSSR count). The molecule has 1 amide bonds. The molecule has 0 aliphatic rings. The van der Waals surface area contributed by atoms with Crippen LogP contribution in [0.25, 0.3) is 0 Å². The molecule has 2 aromatic rings. The molecular formula is C13H14N2O3S. The van der Waals surface area contributed by atoms with Crippen molar-refractivity contribution in [3.63, 3.8) is 0 Å². The van der Waals surface area contributed by atoms with Gasteiger partial charge in [0.25, 0.3) is 5.91 Å². The quantitative estimate of drug-likeness (QED) is 0.842. The van der Waals surface area contributed by atoms with E-state index in [2.05, 4.69) is 5.48 Å². The second-order valence-electron chi connectivity index (χ2n) is 4.03. The maximum atomic E-state index is 11.6. The molecule has 1 heterocycles. The van der Waals surface area contributed by atoms with Crippen molar-refractivity contribution in [1.82, 2.24) is 10.0 Å². The van der Waals surface area contributed by atoms with E-state index in [0.29, 0.717) is 6.61 Å². The summed E-state index contributed by atoms with van der Waals surface area (Å²) in [6.45, 7) is 2.06. The Labute approximate surface area is 114 Å². The summed E-state index contributed by atoms with van der Waals surface area (Å²) in [6.07, 6.45) is 0. The zero-order valence-electron chi connectivity index (χ0n) is 10.5. The summed E-state index contributed by atoms with van der Waals surface area (Å²) in [5, 5.41) is 1.72. The minimum Gasteiger partial charge on any atom is -0.294 e. The predicted octanol–water partition coefficient (Wildman–Crippen LogP) is 1.47. The molecule has 6 heteroatoms. The van der Waals surface area contributed by atoms with Crippen molar-refractivity contribution in [1.29, 1.82) is 0 Å². The monoisotopic (exact) mass is 278 g/mol. The smallest absolute Gasteiger partial charge is 0.294 e. The number of aromatic nitrogens is 1. The number of nitrogens with one attached hydrogen (secondary N) is 1. The molecule has 0 saturated heterocycles. The average Bonchev–Trinajstić information content (AvgIpc) is 2.72. The number of carbonyl (C=O) groups is 1. The van der Waals surface area contributed by atoms with Gasteiger partial charge in [0.1, 0.15) is 6.54 Å². The van der Waals surface area contributed by atoms with Gasteiger partial charge in [-0.25, -0.2) is 5.48 Å². The SMILES string of the molecule is Cc1csc(=O)n1CC(=O)NOCc1ccccc1. The standard InChI is InChI=1S/C13H14N2O3S/c1-10-9-19-13(17)15(10)7-12(16)14-18-8-11-5-3-2-4-6-11/h2-6,9H,7-8H2,1H3,(H,14,16). The van der Waals surface area contributed by atoms with Crippen molar-refractivity contribution in [3.05, 3.63) is 56.6 Å². The zero-order chi connectivity index (χ0) is 13.7. The van der Waals surface area contributed by atoms with Crippen LogP contribution in [0.2, 0.25) is 0 Å². The third-order valence-corrected chi connectivity index (χ3v) is 3.43. The fourth-order valence-electron chi connectivity index (χ4n) is 1.55. The topological polar surface area (TPSA) is 60.3 Å². The molecule has 1 N–H and O–H groups in total. The highest BCUT2D eigenvalue weighted by Gasteiger charge is 2.08. The zero-order valence-corrected chi connectivity index (χ0v) is 11.3. The van der Waals surface area contributed by atoms with Crippen molar-refractivity contribution in [2.24, 2.45) is 0 Å². The Bertz CT molecular complexity index is 604. The highest BCUT2D eigenvalue weighted by molar-refractivity contribution is 7.07. The van der Waals surface area contributed by atoms with E-state index in [1.807, 2.05) is 30.3 Å². The van der Waals surface area contributed by atoms with Gasteiger partial charge in [-0.2, -0.15) is 0 Å². The number of nitrogens with zero attached hydrogens (tertiary/aromatic N) is 1. The average molecular weight is 278 g/mol. The Balaban J connectivity index is 1.81. The Morgan fingerprint density at radius 2 is 2.11 bits per heavy atom. The van der Waals surface area contributed by atoms with Gasteiger partial charge in [-0.15, -0.1) is 0 Å². The number of carbonyl (C=O) groups excluding carboxylic acids is 1. The molecule has 0 bridgehead atoms. The Kier molecular flexibility index (Phi) is 4.48. The molecule has 0 aliphatic carbocycles. The predicted molar refractivity (Wildman–Crippen MR) is 72.7 cm³/mol. The minimum absolute atomic E-state index is 0.0248. The Morgan fingerprint density at radius 1 is 1.37 bits per heavy atom. The van der Waals surface area contributed by atoms with E-state index >= 15 is 0 Å². The summed E-state index contributed by atoms with van der Waals surface area (Å²) in [4.78, 5) is 28.0. The summed E-state index contributed by atoms with van der Waals surface area (Å²) in [6, 6.07) is 9.51. The lowest BCUT2D eigenvalue weighted by Crippen LogP contribution is -2.31. The van der Waals surface area contributed by atoms with E-state index in [1.165, 1.54) is 4.57 Å². The van der Waals surface area contributed by atoms with Crippen LogP contribution in [0.4, 0.5) is 0 Å². The molecule has 0 spiro atoms. The van der Waals surface area contributed by atoms with Crippen LogP contribution in [0.3, 0.4) is 0 Å². The Hall–Kier alpha value is -1.92. The second-order valence-corrected chi connectivity index (χ2v) is 4.85. The van der Waals surface area contributed by atoms with Crippen molar-refractivity contribution < 1.29 is 9.63 Å². The third kappa shape index (κ3) is 3.77. The lowest BCUT2D eigenvalue weighted by atomic mass is 10.2. The molecule has 19 heavy (non-hydrogen) atoms. The van der Waals surface area contributed by atoms with Gasteiger partial charge in [0.2, 0.25) is 0 Å². The van der Waals surface area contributed by atoms with Gasteiger partial charge < -0.3 is 0 Å². The van der Waals surface area contributed by atoms with E-state index in [1.54, 1.807) is 12.3 Å². The van der Waals surface area contributed by atoms with E-state index < -0.39 is 0 Å². The van der Waals surface area contributed by atoms with Crippen molar-refractivity contribution in [3.8, 4) is 0 Å². The van der Waals surface area contributed by atoms with Gasteiger partial charge >= 0.3 is 4.87 Å². The molecule has 1 aromatic heterocycles. The molecule has 0 saturated carbocycles. The van der Waals surface area contributed by atoms with E-state index in [9.17, 15) is 9.59 Å². The molecule has 0 atom stereocenters. The molecular weight excluding hydrogens is 264 g/mol. The minimum atomic E-state index is -0.348. The van der Waals surface area contributed by atoms with E-state index in [-0.39, 0.29) is 17.3 Å². The van der Waals surface area contributed by atoms with Gasteiger partial charge in [-0.3, -0.25) is 19.0 Å². The number of amides is 1. The summed E-state index contributed by atoms with van der Waals surface area (Å²) < 4.78 is 1.41. The first-order valence-corrected chi connectivity index (χ1v) is 6.64. The molecule has 100 valence electrons. The number of hydrogen-bond donors (Lipinski definition) is 1. The van der Waals surface area contributed by atoms with E-state index in [4.69, 9.17) is 4.84 Å². The van der Waals surface area contributed by atoms with Crippen LogP contribution in [-0.2, 0) is 22.8 Å². The fraction of sp³-hybridized carbons (Fsp3) is 0.231. The lowest BCUT2D eigenvalue weighted by molar-refractivity contribution is -0.135. The van der Waals surface area contributed by atoms with Crippen molar-refractivity contribution >= 4 is 17.2 Å². The summed E-state index contributed by atoms with van der Waals surface area (Å²) in [5.41, 5.74) is 4.07. The van der Waals surface area contributed by atoms with Crippen LogP contribution in [0.5, 0.6) is 0 Å². The molecule has 1 aromatic carbocycles. The van der Waals surface area contributed by atoms with Gasteiger partial charge in [0, 0.05) is 11.1 Å². The number of hydroxylamine groups is 1. The highest BCUT2D eigenvalue weighted by Crippen LogP contribution is 2.00. The second kappa shape index (κ2) is 6.31. The first-order valence-electron chi connectivity index (χ1n) is 5.76. The first kappa shape index (κ1) is 13.5. The third-order valence-electron chi connectivity index (χ3n) is 2.55. The number of benzene rings is 1. The molecule has 5 nitrogen and oxygen atoms in total. The highest BCUT2D eigenvalue weighted by atomic mass is 32.1. The van der Waals surface area contributed by atoms with Gasteiger partial charge in [0.05, 0.1) is 6.61 Å². The van der Waals surface area contributed by atoms with Crippen molar-refractivity contribution in [2.75, 3.05) is 0 Å². The van der Waals surface area contributed by atoms with Crippen molar-refractivity contribution in [2.45, 2.75) is 20.1 Å². The molecule has 0 radical (unpaired) electrons. The maximum absolute atomic E-state index is 11.6. The maximum Gasteiger partial charge on any atom is 0.307 e. The van der Waals surface area contributed by atoms with Gasteiger partial charge in [-0.1, -0.05) is 41.7 Å². The molecule has 0 fully saturated rings. The summed E-state index contributed by atoms with van der Waals surface area (Å²) in [7, 11) is 0. The molecule has 0 unspecified atom stereocenters. The molecule has 0 aliphatic heterocycles. The van der Waals surface area contributed by atoms with Crippen LogP contribution >= 0.6 is 11.3 Å². The lowest BCUT2D eigenvalue weighted by Gasteiger charge is -2.07. The van der Waals surface area contributed by atoms with Gasteiger partial charge in [0.15, 0.2) is 0 Å². The normalized spacial score (nSPS) is 10.4. The largest absolute Gasteiger partial charge is 0.307 e. The number of aryl methyl sites for hydroxylation is 1. The van der Waals surface area contributed by atoms with Gasteiger partial charge in [-0.05, 0) is 12.5 Å². The first-order chi connectivity index (χ1) is 9.16. The number of rotatable bonds is 5. The van der Waals surface area contributed by atoms with Crippen LogP contribution < -0.4 is 10.4 Å². The summed E-state index contributed by atoms with van der Waals surface area (Å²) >= 11 is 1.08.